The average Bonchev–Trinajstić information content (AvgIpc) is 2.24. The van der Waals surface area contributed by atoms with E-state index in [1.54, 1.807) is 0 Å². The van der Waals surface area contributed by atoms with Crippen molar-refractivity contribution in [2.45, 2.75) is 40.5 Å². The maximum atomic E-state index is 6.09. The summed E-state index contributed by atoms with van der Waals surface area (Å²) in [6.07, 6.45) is 6.42. The zero-order valence-electron chi connectivity index (χ0n) is 11.7. The van der Waals surface area contributed by atoms with E-state index in [4.69, 9.17) is 11.5 Å². The minimum absolute atomic E-state index is 0.00592. The molecule has 1 heterocycles. The molecule has 3 nitrogen and oxygen atoms in total. The minimum Gasteiger partial charge on any atom is -0.402 e. The molecule has 0 aliphatic carbocycles. The number of piperidine rings is 1. The van der Waals surface area contributed by atoms with Crippen LogP contribution in [-0.2, 0) is 0 Å². The van der Waals surface area contributed by atoms with Crippen molar-refractivity contribution in [1.82, 2.24) is 4.90 Å². The summed E-state index contributed by atoms with van der Waals surface area (Å²) in [5.41, 5.74) is 13.0. The van der Waals surface area contributed by atoms with Gasteiger partial charge in [0.2, 0.25) is 0 Å². The highest BCUT2D eigenvalue weighted by molar-refractivity contribution is 5.17. The molecule has 98 valence electrons. The normalized spacial score (nSPS) is 24.0. The van der Waals surface area contributed by atoms with Crippen LogP contribution in [0, 0.1) is 11.3 Å². The lowest BCUT2D eigenvalue weighted by Crippen LogP contribution is -2.36. The fourth-order valence-corrected chi connectivity index (χ4v) is 1.95. The molecule has 0 amide bonds. The van der Waals surface area contributed by atoms with E-state index >= 15 is 0 Å². The zero-order valence-corrected chi connectivity index (χ0v) is 11.7. The Morgan fingerprint density at radius 3 is 2.41 bits per heavy atom. The van der Waals surface area contributed by atoms with Crippen LogP contribution in [0.4, 0.5) is 0 Å². The van der Waals surface area contributed by atoms with Gasteiger partial charge in [-0.15, -0.1) is 0 Å². The van der Waals surface area contributed by atoms with Crippen molar-refractivity contribution in [1.29, 1.82) is 0 Å². The molecule has 0 spiro atoms. The average molecular weight is 237 g/mol. The second-order valence-corrected chi connectivity index (χ2v) is 6.16. The molecular weight excluding hydrogens is 210 g/mol. The fraction of sp³-hybridized carbons (Fsp3) is 0.714. The number of hydrogen-bond acceptors (Lipinski definition) is 3. The highest BCUT2D eigenvalue weighted by atomic mass is 15.2. The van der Waals surface area contributed by atoms with Gasteiger partial charge >= 0.3 is 0 Å². The van der Waals surface area contributed by atoms with Gasteiger partial charge in [-0.05, 0) is 30.9 Å². The highest BCUT2D eigenvalue weighted by Crippen LogP contribution is 2.21. The van der Waals surface area contributed by atoms with Crippen LogP contribution in [0.2, 0.25) is 0 Å². The molecule has 0 bridgehead atoms. The molecule has 0 radical (unpaired) electrons. The predicted octanol–water partition coefficient (Wildman–Crippen LogP) is 2.41. The van der Waals surface area contributed by atoms with Crippen LogP contribution < -0.4 is 11.5 Å². The molecule has 1 atom stereocenters. The van der Waals surface area contributed by atoms with Gasteiger partial charge in [0.25, 0.3) is 0 Å². The van der Waals surface area contributed by atoms with Crippen molar-refractivity contribution in [2.75, 3.05) is 13.1 Å². The van der Waals surface area contributed by atoms with Crippen molar-refractivity contribution in [3.63, 3.8) is 0 Å². The van der Waals surface area contributed by atoms with Crippen LogP contribution >= 0.6 is 0 Å². The van der Waals surface area contributed by atoms with Crippen LogP contribution in [0.15, 0.2) is 23.7 Å². The molecule has 1 rings (SSSR count). The lowest BCUT2D eigenvalue weighted by Gasteiger charge is -2.32. The quantitative estimate of drug-likeness (QED) is 0.725. The van der Waals surface area contributed by atoms with Crippen molar-refractivity contribution in [2.24, 2.45) is 22.8 Å². The molecule has 1 aliphatic heterocycles. The Bertz CT molecular complexity index is 310. The predicted molar refractivity (Wildman–Crippen MR) is 74.0 cm³/mol. The van der Waals surface area contributed by atoms with Gasteiger partial charge in [-0.25, -0.2) is 0 Å². The summed E-state index contributed by atoms with van der Waals surface area (Å²) in [5, 5.41) is 0. The van der Waals surface area contributed by atoms with Gasteiger partial charge in [0, 0.05) is 24.2 Å². The second kappa shape index (κ2) is 5.48. The summed E-state index contributed by atoms with van der Waals surface area (Å²) in [6.45, 7) is 10.7. The molecule has 0 aromatic carbocycles. The maximum Gasteiger partial charge on any atom is 0.0987 e. The summed E-state index contributed by atoms with van der Waals surface area (Å²) in [7, 11) is 0. The van der Waals surface area contributed by atoms with Crippen LogP contribution in [0.1, 0.15) is 40.5 Å². The van der Waals surface area contributed by atoms with E-state index < -0.39 is 0 Å². The number of likely N-dealkylation sites (tertiary alicyclic amines) is 1. The Hall–Kier alpha value is -1.12. The largest absolute Gasteiger partial charge is 0.402 e. The molecule has 1 aliphatic rings. The van der Waals surface area contributed by atoms with Gasteiger partial charge in [-0.3, -0.25) is 0 Å². The van der Waals surface area contributed by atoms with Gasteiger partial charge in [0.15, 0.2) is 0 Å². The molecule has 4 N–H and O–H groups in total. The van der Waals surface area contributed by atoms with E-state index in [1.807, 2.05) is 12.2 Å². The molecular formula is C14H27N3. The van der Waals surface area contributed by atoms with Crippen molar-refractivity contribution in [3.05, 3.63) is 23.7 Å². The first-order valence-corrected chi connectivity index (χ1v) is 6.49. The van der Waals surface area contributed by atoms with Crippen LogP contribution in [0.3, 0.4) is 0 Å². The van der Waals surface area contributed by atoms with Gasteiger partial charge in [0.1, 0.15) is 0 Å². The zero-order chi connectivity index (χ0) is 13.1. The summed E-state index contributed by atoms with van der Waals surface area (Å²) in [6, 6.07) is 0. The summed E-state index contributed by atoms with van der Waals surface area (Å²) >= 11 is 0. The molecule has 0 aromatic heterocycles. The van der Waals surface area contributed by atoms with Crippen LogP contribution in [0.5, 0.6) is 0 Å². The Balaban J connectivity index is 2.66. The first kappa shape index (κ1) is 13.9. The molecule has 0 aromatic rings. The molecule has 0 saturated carbocycles. The Kier molecular flexibility index (Phi) is 4.49. The number of nitrogens with zero attached hydrogens (tertiary/aromatic N) is 1. The Morgan fingerprint density at radius 1 is 1.24 bits per heavy atom. The maximum absolute atomic E-state index is 6.09. The number of rotatable bonds is 2. The SMILES string of the molecule is CC1CCCN(/C(N)=C/C=C(\N)C(C)(C)C)C1. The van der Waals surface area contributed by atoms with Gasteiger partial charge in [0.05, 0.1) is 5.82 Å². The Morgan fingerprint density at radius 2 is 1.88 bits per heavy atom. The third-order valence-corrected chi connectivity index (χ3v) is 3.32. The third-order valence-electron chi connectivity index (χ3n) is 3.32. The lowest BCUT2D eigenvalue weighted by atomic mass is 9.92. The van der Waals surface area contributed by atoms with Crippen molar-refractivity contribution < 1.29 is 0 Å². The lowest BCUT2D eigenvalue weighted by molar-refractivity contribution is 0.227. The molecule has 17 heavy (non-hydrogen) atoms. The van der Waals surface area contributed by atoms with Crippen molar-refractivity contribution in [3.8, 4) is 0 Å². The summed E-state index contributed by atoms with van der Waals surface area (Å²) in [4.78, 5) is 2.25. The van der Waals surface area contributed by atoms with Crippen LogP contribution in [-0.4, -0.2) is 18.0 Å². The van der Waals surface area contributed by atoms with Gasteiger partial charge < -0.3 is 16.4 Å². The monoisotopic (exact) mass is 237 g/mol. The van der Waals surface area contributed by atoms with Crippen molar-refractivity contribution >= 4 is 0 Å². The topological polar surface area (TPSA) is 55.3 Å². The van der Waals surface area contributed by atoms with E-state index in [9.17, 15) is 0 Å². The minimum atomic E-state index is 0.00592. The molecule has 1 saturated heterocycles. The highest BCUT2D eigenvalue weighted by Gasteiger charge is 2.17. The number of nitrogens with two attached hydrogens (primary N) is 2. The second-order valence-electron chi connectivity index (χ2n) is 6.16. The molecule has 3 heteroatoms. The summed E-state index contributed by atoms with van der Waals surface area (Å²) in [5.74, 6) is 1.57. The number of hydrogen-bond donors (Lipinski definition) is 2. The first-order valence-electron chi connectivity index (χ1n) is 6.49. The first-order chi connectivity index (χ1) is 7.80. The smallest absolute Gasteiger partial charge is 0.0987 e. The van der Waals surface area contributed by atoms with Crippen LogP contribution in [0.25, 0.3) is 0 Å². The summed E-state index contributed by atoms with van der Waals surface area (Å²) < 4.78 is 0. The third kappa shape index (κ3) is 4.33. The van der Waals surface area contributed by atoms with E-state index in [-0.39, 0.29) is 5.41 Å². The Labute approximate surface area is 106 Å². The van der Waals surface area contributed by atoms with E-state index in [0.29, 0.717) is 0 Å². The number of allylic oxidation sites excluding steroid dienone is 3. The standard InChI is InChI=1S/C14H27N3/c1-11-6-5-9-17(10-11)13(16)8-7-12(15)14(2,3)4/h7-8,11H,5-6,9-10,15-16H2,1-4H3/b12-7-,13-8+. The van der Waals surface area contributed by atoms with E-state index in [0.717, 1.165) is 30.5 Å². The van der Waals surface area contributed by atoms with Gasteiger partial charge in [-0.2, -0.15) is 0 Å². The van der Waals surface area contributed by atoms with Gasteiger partial charge in [-0.1, -0.05) is 27.7 Å². The fourth-order valence-electron chi connectivity index (χ4n) is 1.95. The molecule has 1 unspecified atom stereocenters. The van der Waals surface area contributed by atoms with E-state index in [1.165, 1.54) is 12.8 Å². The molecule has 1 fully saturated rings. The van der Waals surface area contributed by atoms with E-state index in [2.05, 4.69) is 32.6 Å².